The largest absolute Gasteiger partial charge is 0.469 e. The maximum Gasteiger partial charge on any atom is 0.469 e. The topological polar surface area (TPSA) is 119 Å². The normalized spacial score (nSPS) is 12.4. The van der Waals surface area contributed by atoms with Gasteiger partial charge in [-0.25, -0.2) is 4.57 Å². The Morgan fingerprint density at radius 2 is 0.818 bits per heavy atom. The van der Waals surface area contributed by atoms with Crippen LogP contribution in [0.1, 0.15) is 194 Å². The Bertz CT molecular complexity index is 696. The van der Waals surface area contributed by atoms with Crippen LogP contribution >= 0.6 is 7.82 Å². The van der Waals surface area contributed by atoms with Gasteiger partial charge in [0.05, 0.1) is 6.61 Å². The average Bonchev–Trinajstić information content (AvgIpc) is 2.98. The molecule has 0 saturated carbocycles. The molecule has 0 radical (unpaired) electrons. The summed E-state index contributed by atoms with van der Waals surface area (Å²) in [6.07, 6.45) is 31.1. The van der Waals surface area contributed by atoms with Gasteiger partial charge in [0.2, 0.25) is 0 Å². The van der Waals surface area contributed by atoms with Crippen molar-refractivity contribution in [3.8, 4) is 0 Å². The van der Waals surface area contributed by atoms with E-state index in [-0.39, 0.29) is 19.4 Å². The SMILES string of the molecule is CCCCCCCCCCCCCCCCC(=O)OC(COC(=O)CCCCCCCCCCCCCC)COP(=O)(O)O. The Morgan fingerprint density at radius 3 is 1.16 bits per heavy atom. The van der Waals surface area contributed by atoms with Gasteiger partial charge >= 0.3 is 19.8 Å². The Balaban J connectivity index is 3.94. The number of hydrogen-bond acceptors (Lipinski definition) is 6. The van der Waals surface area contributed by atoms with Crippen molar-refractivity contribution in [1.29, 1.82) is 0 Å². The van der Waals surface area contributed by atoms with Crippen molar-refractivity contribution >= 4 is 19.8 Å². The first kappa shape index (κ1) is 43.0. The van der Waals surface area contributed by atoms with Gasteiger partial charge in [-0.2, -0.15) is 0 Å². The molecule has 0 aromatic rings. The summed E-state index contributed by atoms with van der Waals surface area (Å²) in [5, 5.41) is 0. The van der Waals surface area contributed by atoms with E-state index in [1.54, 1.807) is 0 Å². The Morgan fingerprint density at radius 1 is 0.500 bits per heavy atom. The quantitative estimate of drug-likeness (QED) is 0.0402. The summed E-state index contributed by atoms with van der Waals surface area (Å²) >= 11 is 0. The summed E-state index contributed by atoms with van der Waals surface area (Å²) in [5.74, 6) is -0.874. The van der Waals surface area contributed by atoms with Gasteiger partial charge in [-0.05, 0) is 12.8 Å². The molecule has 0 aliphatic heterocycles. The molecule has 0 fully saturated rings. The van der Waals surface area contributed by atoms with Crippen molar-refractivity contribution in [2.75, 3.05) is 13.2 Å². The molecule has 0 aliphatic rings. The molecule has 0 saturated heterocycles. The fraction of sp³-hybridized carbons (Fsp3) is 0.943. The zero-order valence-electron chi connectivity index (χ0n) is 28.6. The fourth-order valence-corrected chi connectivity index (χ4v) is 5.73. The van der Waals surface area contributed by atoms with Crippen molar-refractivity contribution in [3.63, 3.8) is 0 Å². The van der Waals surface area contributed by atoms with Crippen LogP contribution < -0.4 is 0 Å². The molecule has 8 nitrogen and oxygen atoms in total. The number of phosphoric acid groups is 1. The van der Waals surface area contributed by atoms with Crippen molar-refractivity contribution in [1.82, 2.24) is 0 Å². The van der Waals surface area contributed by atoms with E-state index in [4.69, 9.17) is 19.3 Å². The molecule has 0 amide bonds. The molecule has 1 unspecified atom stereocenters. The van der Waals surface area contributed by atoms with E-state index in [2.05, 4.69) is 18.4 Å². The minimum atomic E-state index is -4.74. The minimum absolute atomic E-state index is 0.219. The molecule has 0 aromatic heterocycles. The average molecular weight is 649 g/mol. The third-order valence-corrected chi connectivity index (χ3v) is 8.61. The van der Waals surface area contributed by atoms with Gasteiger partial charge in [0, 0.05) is 12.8 Å². The van der Waals surface area contributed by atoms with E-state index in [1.807, 2.05) is 0 Å². The van der Waals surface area contributed by atoms with Crippen LogP contribution in [0.25, 0.3) is 0 Å². The highest BCUT2D eigenvalue weighted by molar-refractivity contribution is 7.46. The smallest absolute Gasteiger partial charge is 0.462 e. The highest BCUT2D eigenvalue weighted by Gasteiger charge is 2.22. The maximum absolute atomic E-state index is 12.3. The van der Waals surface area contributed by atoms with Crippen molar-refractivity contribution in [3.05, 3.63) is 0 Å². The summed E-state index contributed by atoms with van der Waals surface area (Å²) in [6.45, 7) is 3.68. The number of carbonyl (C=O) groups excluding carboxylic acids is 2. The fourth-order valence-electron chi connectivity index (χ4n) is 5.37. The Hall–Kier alpha value is -0.950. The van der Waals surface area contributed by atoms with Crippen molar-refractivity contribution in [2.45, 2.75) is 200 Å². The molecule has 0 rings (SSSR count). The summed E-state index contributed by atoms with van der Waals surface area (Å²) in [7, 11) is -4.74. The van der Waals surface area contributed by atoms with Crippen LogP contribution in [0.5, 0.6) is 0 Å². The highest BCUT2D eigenvalue weighted by atomic mass is 31.2. The standard InChI is InChI=1S/C35H69O8P/c1-3-5-7-9-11-13-15-17-18-20-22-24-26-28-30-35(37)43-33(32-42-44(38,39)40)31-41-34(36)29-27-25-23-21-19-16-14-12-10-8-6-4-2/h33H,3-32H2,1-2H3,(H2,38,39,40). The zero-order valence-corrected chi connectivity index (χ0v) is 29.5. The first-order chi connectivity index (χ1) is 21.3. The summed E-state index contributed by atoms with van der Waals surface area (Å²) < 4.78 is 26.3. The lowest BCUT2D eigenvalue weighted by atomic mass is 10.0. The van der Waals surface area contributed by atoms with Crippen LogP contribution in [0.4, 0.5) is 0 Å². The molecule has 9 heteroatoms. The van der Waals surface area contributed by atoms with Gasteiger partial charge in [0.1, 0.15) is 6.61 Å². The molecule has 262 valence electrons. The lowest BCUT2D eigenvalue weighted by Gasteiger charge is -2.18. The third kappa shape index (κ3) is 33.9. The number of rotatable bonds is 34. The van der Waals surface area contributed by atoms with Crippen LogP contribution in [0.3, 0.4) is 0 Å². The van der Waals surface area contributed by atoms with Crippen LogP contribution in [0, 0.1) is 0 Å². The lowest BCUT2D eigenvalue weighted by Crippen LogP contribution is -2.29. The molecule has 0 spiro atoms. The number of ether oxygens (including phenoxy) is 2. The molecule has 2 N–H and O–H groups in total. The predicted octanol–water partition coefficient (Wildman–Crippen LogP) is 10.5. The number of hydrogen-bond donors (Lipinski definition) is 2. The molecular weight excluding hydrogens is 579 g/mol. The second-order valence-electron chi connectivity index (χ2n) is 12.6. The summed E-state index contributed by atoms with van der Waals surface area (Å²) in [6, 6.07) is 0. The van der Waals surface area contributed by atoms with E-state index in [9.17, 15) is 14.2 Å². The van der Waals surface area contributed by atoms with Gasteiger partial charge in [-0.15, -0.1) is 0 Å². The molecule has 44 heavy (non-hydrogen) atoms. The van der Waals surface area contributed by atoms with E-state index in [0.717, 1.165) is 32.1 Å². The number of carbonyl (C=O) groups is 2. The minimum Gasteiger partial charge on any atom is -0.462 e. The highest BCUT2D eigenvalue weighted by Crippen LogP contribution is 2.36. The number of esters is 2. The number of phosphoric ester groups is 1. The first-order valence-corrected chi connectivity index (χ1v) is 19.9. The summed E-state index contributed by atoms with van der Waals surface area (Å²) in [4.78, 5) is 42.6. The predicted molar refractivity (Wildman–Crippen MR) is 179 cm³/mol. The molecule has 0 bridgehead atoms. The van der Waals surface area contributed by atoms with E-state index in [0.29, 0.717) is 6.42 Å². The van der Waals surface area contributed by atoms with E-state index in [1.165, 1.54) is 128 Å². The molecule has 0 aromatic carbocycles. The second-order valence-corrected chi connectivity index (χ2v) is 13.8. The van der Waals surface area contributed by atoms with Gasteiger partial charge in [0.15, 0.2) is 6.10 Å². The van der Waals surface area contributed by atoms with E-state index >= 15 is 0 Å². The van der Waals surface area contributed by atoms with Crippen LogP contribution in [-0.2, 0) is 28.2 Å². The zero-order chi connectivity index (χ0) is 32.6. The number of unbranched alkanes of at least 4 members (excludes halogenated alkanes) is 24. The van der Waals surface area contributed by atoms with E-state index < -0.39 is 32.5 Å². The van der Waals surface area contributed by atoms with Crippen LogP contribution in [0.2, 0.25) is 0 Å². The Labute approximate surface area is 270 Å². The van der Waals surface area contributed by atoms with Crippen LogP contribution in [0.15, 0.2) is 0 Å². The summed E-state index contributed by atoms with van der Waals surface area (Å²) in [5.41, 5.74) is 0. The van der Waals surface area contributed by atoms with Gasteiger partial charge in [0.25, 0.3) is 0 Å². The van der Waals surface area contributed by atoms with Gasteiger partial charge < -0.3 is 19.3 Å². The van der Waals surface area contributed by atoms with Gasteiger partial charge in [-0.1, -0.05) is 168 Å². The Kier molecular flexibility index (Phi) is 31.3. The molecule has 0 heterocycles. The first-order valence-electron chi connectivity index (χ1n) is 18.3. The van der Waals surface area contributed by atoms with Crippen molar-refractivity contribution in [2.24, 2.45) is 0 Å². The molecule has 0 aliphatic carbocycles. The van der Waals surface area contributed by atoms with Gasteiger partial charge in [-0.3, -0.25) is 14.1 Å². The molecular formula is C35H69O8P. The van der Waals surface area contributed by atoms with Crippen molar-refractivity contribution < 1.29 is 37.9 Å². The lowest BCUT2D eigenvalue weighted by molar-refractivity contribution is -0.161. The third-order valence-electron chi connectivity index (χ3n) is 8.13. The maximum atomic E-state index is 12.3. The second kappa shape index (κ2) is 32.0. The van der Waals surface area contributed by atoms with Crippen LogP contribution in [-0.4, -0.2) is 41.0 Å². The molecule has 1 atom stereocenters. The monoisotopic (exact) mass is 648 g/mol.